The van der Waals surface area contributed by atoms with Crippen molar-refractivity contribution in [1.29, 1.82) is 0 Å². The normalized spacial score (nSPS) is 10.5. The lowest BCUT2D eigenvalue weighted by molar-refractivity contribution is 0.305. The van der Waals surface area contributed by atoms with Gasteiger partial charge in [-0.25, -0.2) is 4.98 Å². The minimum absolute atomic E-state index is 0.486. The van der Waals surface area contributed by atoms with Gasteiger partial charge in [-0.15, -0.1) is 11.3 Å². The summed E-state index contributed by atoms with van der Waals surface area (Å²) in [4.78, 5) is 4.35. The van der Waals surface area contributed by atoms with Crippen LogP contribution >= 0.6 is 11.3 Å². The summed E-state index contributed by atoms with van der Waals surface area (Å²) in [5, 5.41) is 2.93. The zero-order chi connectivity index (χ0) is 12.3. The molecule has 2 rings (SSSR count). The number of rotatable bonds is 4. The maximum absolute atomic E-state index is 5.69. The molecule has 0 aliphatic rings. The molecule has 0 amide bonds. The van der Waals surface area contributed by atoms with Crippen LogP contribution in [0.2, 0.25) is 0 Å². The van der Waals surface area contributed by atoms with Crippen molar-refractivity contribution in [3.05, 3.63) is 45.4 Å². The van der Waals surface area contributed by atoms with Crippen LogP contribution in [0.4, 0.5) is 0 Å². The van der Waals surface area contributed by atoms with E-state index in [0.29, 0.717) is 13.2 Å². The number of nitrogens with zero attached hydrogens (tertiary/aromatic N) is 1. The number of aryl methyl sites for hydroxylation is 2. The molecule has 1 heterocycles. The number of thiazole rings is 1. The Morgan fingerprint density at radius 2 is 2.12 bits per heavy atom. The van der Waals surface area contributed by atoms with Crippen LogP contribution in [-0.2, 0) is 13.2 Å². The highest BCUT2D eigenvalue weighted by Crippen LogP contribution is 2.18. The highest BCUT2D eigenvalue weighted by atomic mass is 32.1. The van der Waals surface area contributed by atoms with Crippen molar-refractivity contribution in [2.75, 3.05) is 0 Å². The van der Waals surface area contributed by atoms with Crippen LogP contribution in [0.25, 0.3) is 0 Å². The second-order valence-electron chi connectivity index (χ2n) is 3.97. The van der Waals surface area contributed by atoms with Gasteiger partial charge in [0.1, 0.15) is 17.4 Å². The van der Waals surface area contributed by atoms with Gasteiger partial charge in [-0.3, -0.25) is 0 Å². The molecule has 0 unspecified atom stereocenters. The van der Waals surface area contributed by atoms with Crippen molar-refractivity contribution < 1.29 is 4.74 Å². The van der Waals surface area contributed by atoms with Gasteiger partial charge in [0.15, 0.2) is 0 Å². The molecular weight excluding hydrogens is 232 g/mol. The van der Waals surface area contributed by atoms with E-state index in [4.69, 9.17) is 10.5 Å². The fourth-order valence-electron chi connectivity index (χ4n) is 1.46. The molecule has 0 radical (unpaired) electrons. The summed E-state index contributed by atoms with van der Waals surface area (Å²) in [6.45, 7) is 5.17. The zero-order valence-corrected chi connectivity index (χ0v) is 10.9. The molecule has 0 aliphatic carbocycles. The molecule has 0 fully saturated rings. The molecule has 1 aromatic heterocycles. The Morgan fingerprint density at radius 1 is 1.29 bits per heavy atom. The van der Waals surface area contributed by atoms with E-state index in [9.17, 15) is 0 Å². The molecule has 2 N–H and O–H groups in total. The van der Waals surface area contributed by atoms with Crippen molar-refractivity contribution in [3.63, 3.8) is 0 Å². The standard InChI is InChI=1S/C13H16N2OS/c1-9-3-4-12(5-10(9)2)16-7-13-15-11(6-14)8-17-13/h3-5,8H,6-7,14H2,1-2H3. The second-order valence-corrected chi connectivity index (χ2v) is 4.91. The summed E-state index contributed by atoms with van der Waals surface area (Å²) in [6.07, 6.45) is 0. The van der Waals surface area contributed by atoms with E-state index in [0.717, 1.165) is 16.5 Å². The van der Waals surface area contributed by atoms with Gasteiger partial charge in [0.25, 0.3) is 0 Å². The van der Waals surface area contributed by atoms with Gasteiger partial charge in [-0.1, -0.05) is 6.07 Å². The van der Waals surface area contributed by atoms with Gasteiger partial charge < -0.3 is 10.5 Å². The smallest absolute Gasteiger partial charge is 0.140 e. The van der Waals surface area contributed by atoms with E-state index in [1.165, 1.54) is 11.1 Å². The Kier molecular flexibility index (Phi) is 3.76. The van der Waals surface area contributed by atoms with Crippen LogP contribution in [0, 0.1) is 13.8 Å². The van der Waals surface area contributed by atoms with Gasteiger partial charge in [0, 0.05) is 11.9 Å². The second kappa shape index (κ2) is 5.29. The van der Waals surface area contributed by atoms with Crippen LogP contribution in [0.15, 0.2) is 23.6 Å². The Morgan fingerprint density at radius 3 is 2.76 bits per heavy atom. The summed E-state index contributed by atoms with van der Waals surface area (Å²) in [5.41, 5.74) is 8.95. The number of nitrogens with two attached hydrogens (primary N) is 1. The topological polar surface area (TPSA) is 48.1 Å². The van der Waals surface area contributed by atoms with E-state index in [1.807, 2.05) is 17.5 Å². The fraction of sp³-hybridized carbons (Fsp3) is 0.308. The predicted octanol–water partition coefficient (Wildman–Crippen LogP) is 2.80. The highest BCUT2D eigenvalue weighted by Gasteiger charge is 2.02. The van der Waals surface area contributed by atoms with E-state index in [1.54, 1.807) is 11.3 Å². The average molecular weight is 248 g/mol. The van der Waals surface area contributed by atoms with Crippen LogP contribution < -0.4 is 10.5 Å². The third kappa shape index (κ3) is 3.05. The molecule has 90 valence electrons. The maximum Gasteiger partial charge on any atom is 0.140 e. The zero-order valence-electron chi connectivity index (χ0n) is 10.1. The monoisotopic (exact) mass is 248 g/mol. The molecule has 0 saturated heterocycles. The quantitative estimate of drug-likeness (QED) is 0.905. The minimum Gasteiger partial charge on any atom is -0.486 e. The molecule has 17 heavy (non-hydrogen) atoms. The van der Waals surface area contributed by atoms with Crippen molar-refractivity contribution in [3.8, 4) is 5.75 Å². The lowest BCUT2D eigenvalue weighted by Gasteiger charge is -2.06. The Bertz CT molecular complexity index is 508. The Labute approximate surface area is 105 Å². The molecule has 0 aliphatic heterocycles. The molecule has 0 spiro atoms. The molecule has 3 nitrogen and oxygen atoms in total. The van der Waals surface area contributed by atoms with E-state index >= 15 is 0 Å². The van der Waals surface area contributed by atoms with Crippen molar-refractivity contribution >= 4 is 11.3 Å². The van der Waals surface area contributed by atoms with Gasteiger partial charge in [-0.2, -0.15) is 0 Å². The lowest BCUT2D eigenvalue weighted by atomic mass is 10.1. The summed E-state index contributed by atoms with van der Waals surface area (Å²) in [6, 6.07) is 6.10. The van der Waals surface area contributed by atoms with Gasteiger partial charge in [0.05, 0.1) is 5.69 Å². The number of aromatic nitrogens is 1. The van der Waals surface area contributed by atoms with Crippen molar-refractivity contribution in [1.82, 2.24) is 4.98 Å². The highest BCUT2D eigenvalue weighted by molar-refractivity contribution is 7.09. The van der Waals surface area contributed by atoms with Crippen LogP contribution in [0.3, 0.4) is 0 Å². The molecule has 0 saturated carbocycles. The van der Waals surface area contributed by atoms with Gasteiger partial charge in [0.2, 0.25) is 0 Å². The number of hydrogen-bond donors (Lipinski definition) is 1. The molecule has 0 atom stereocenters. The van der Waals surface area contributed by atoms with Crippen LogP contribution in [0.5, 0.6) is 5.75 Å². The van der Waals surface area contributed by atoms with E-state index < -0.39 is 0 Å². The van der Waals surface area contributed by atoms with E-state index in [2.05, 4.69) is 24.9 Å². The maximum atomic E-state index is 5.69. The number of ether oxygens (including phenoxy) is 1. The third-order valence-corrected chi connectivity index (χ3v) is 3.52. The molecule has 2 aromatic rings. The van der Waals surface area contributed by atoms with Gasteiger partial charge in [-0.05, 0) is 37.1 Å². The molecule has 4 heteroatoms. The summed E-state index contributed by atoms with van der Waals surface area (Å²) < 4.78 is 5.69. The number of benzene rings is 1. The Hall–Kier alpha value is -1.39. The van der Waals surface area contributed by atoms with Crippen LogP contribution in [-0.4, -0.2) is 4.98 Å². The van der Waals surface area contributed by atoms with E-state index in [-0.39, 0.29) is 0 Å². The first kappa shape index (κ1) is 12.1. The summed E-state index contributed by atoms with van der Waals surface area (Å²) in [7, 11) is 0. The molecule has 0 bridgehead atoms. The van der Waals surface area contributed by atoms with Crippen LogP contribution in [0.1, 0.15) is 21.8 Å². The van der Waals surface area contributed by atoms with Crippen molar-refractivity contribution in [2.24, 2.45) is 5.73 Å². The van der Waals surface area contributed by atoms with Gasteiger partial charge >= 0.3 is 0 Å². The first-order chi connectivity index (χ1) is 8.19. The molecular formula is C13H16N2OS. The average Bonchev–Trinajstić information content (AvgIpc) is 2.79. The SMILES string of the molecule is Cc1ccc(OCc2nc(CN)cs2)cc1C. The first-order valence-corrected chi connectivity index (χ1v) is 6.40. The molecule has 1 aromatic carbocycles. The number of hydrogen-bond acceptors (Lipinski definition) is 4. The first-order valence-electron chi connectivity index (χ1n) is 5.52. The summed E-state index contributed by atoms with van der Waals surface area (Å²) in [5.74, 6) is 0.887. The fourth-order valence-corrected chi connectivity index (χ4v) is 2.18. The van der Waals surface area contributed by atoms with Crippen molar-refractivity contribution in [2.45, 2.75) is 27.0 Å². The third-order valence-electron chi connectivity index (χ3n) is 2.65. The summed E-state index contributed by atoms with van der Waals surface area (Å²) >= 11 is 1.58. The Balaban J connectivity index is 1.99. The lowest BCUT2D eigenvalue weighted by Crippen LogP contribution is -1.99. The largest absolute Gasteiger partial charge is 0.486 e. The predicted molar refractivity (Wildman–Crippen MR) is 70.3 cm³/mol. The minimum atomic E-state index is 0.486.